The summed E-state index contributed by atoms with van der Waals surface area (Å²) in [6.45, 7) is 7.00. The number of hydrogen-bond donors (Lipinski definition) is 1. The first-order valence-corrected chi connectivity index (χ1v) is 10.2. The van der Waals surface area contributed by atoms with Gasteiger partial charge in [-0.25, -0.2) is 13.1 Å². The third-order valence-electron chi connectivity index (χ3n) is 4.04. The molecule has 1 atom stereocenters. The minimum Gasteiger partial charge on any atom is -0.299 e. The highest BCUT2D eigenvalue weighted by molar-refractivity contribution is 9.10. The van der Waals surface area contributed by atoms with Crippen LogP contribution in [0.2, 0.25) is 0 Å². The maximum Gasteiger partial charge on any atom is 0.241 e. The minimum atomic E-state index is -3.47. The van der Waals surface area contributed by atoms with Crippen molar-refractivity contribution in [1.82, 2.24) is 9.62 Å². The molecule has 6 heteroatoms. The highest BCUT2D eigenvalue weighted by Gasteiger charge is 2.25. The van der Waals surface area contributed by atoms with Crippen LogP contribution in [0.25, 0.3) is 0 Å². The zero-order chi connectivity index (χ0) is 16.2. The standard InChI is InChI=1S/C16H25BrN2O2S/c1-13(2)11-14(19-9-5-6-10-19)12-18-22(20,21)16-8-4-3-7-15(16)17/h3-4,7-8,13-14,18H,5-6,9-12H2,1-2H3/t14-/m1/s1. The van der Waals surface area contributed by atoms with E-state index in [0.29, 0.717) is 21.8 Å². The van der Waals surface area contributed by atoms with E-state index in [4.69, 9.17) is 0 Å². The summed E-state index contributed by atoms with van der Waals surface area (Å²) in [4.78, 5) is 2.72. The first-order chi connectivity index (χ1) is 10.4. The maximum atomic E-state index is 12.5. The lowest BCUT2D eigenvalue weighted by atomic mass is 10.0. The van der Waals surface area contributed by atoms with Gasteiger partial charge in [-0.05, 0) is 66.3 Å². The van der Waals surface area contributed by atoms with Gasteiger partial charge in [0.1, 0.15) is 0 Å². The zero-order valence-corrected chi connectivity index (χ0v) is 15.7. The molecule has 0 radical (unpaired) electrons. The Morgan fingerprint density at radius 3 is 2.45 bits per heavy atom. The molecule has 1 saturated heterocycles. The number of benzene rings is 1. The molecule has 22 heavy (non-hydrogen) atoms. The van der Waals surface area contributed by atoms with Gasteiger partial charge < -0.3 is 0 Å². The Balaban J connectivity index is 2.06. The van der Waals surface area contributed by atoms with Crippen molar-refractivity contribution in [2.24, 2.45) is 5.92 Å². The smallest absolute Gasteiger partial charge is 0.241 e. The van der Waals surface area contributed by atoms with Crippen molar-refractivity contribution in [2.45, 2.75) is 44.0 Å². The fourth-order valence-corrected chi connectivity index (χ4v) is 5.03. The van der Waals surface area contributed by atoms with Gasteiger partial charge in [0.2, 0.25) is 10.0 Å². The largest absolute Gasteiger partial charge is 0.299 e. The molecule has 124 valence electrons. The quantitative estimate of drug-likeness (QED) is 0.779. The lowest BCUT2D eigenvalue weighted by molar-refractivity contribution is 0.214. The summed E-state index contributed by atoms with van der Waals surface area (Å²) in [5.74, 6) is 0.554. The highest BCUT2D eigenvalue weighted by Crippen LogP contribution is 2.22. The fourth-order valence-electron chi connectivity index (χ4n) is 2.96. The average Bonchev–Trinajstić information content (AvgIpc) is 2.97. The molecule has 1 N–H and O–H groups in total. The summed E-state index contributed by atoms with van der Waals surface area (Å²) < 4.78 is 28.4. The first-order valence-electron chi connectivity index (χ1n) is 7.88. The van der Waals surface area contributed by atoms with Crippen LogP contribution in [-0.4, -0.2) is 39.0 Å². The van der Waals surface area contributed by atoms with Crippen LogP contribution in [0.3, 0.4) is 0 Å². The molecule has 0 amide bonds. The second-order valence-electron chi connectivity index (χ2n) is 6.31. The molecule has 0 bridgehead atoms. The predicted octanol–water partition coefficient (Wildman–Crippen LogP) is 3.24. The summed E-state index contributed by atoms with van der Waals surface area (Å²) in [5, 5.41) is 0. The average molecular weight is 389 g/mol. The normalized spacial score (nSPS) is 18.0. The summed E-state index contributed by atoms with van der Waals surface area (Å²) in [5.41, 5.74) is 0. The fraction of sp³-hybridized carbons (Fsp3) is 0.625. The van der Waals surface area contributed by atoms with Crippen molar-refractivity contribution in [3.8, 4) is 0 Å². The van der Waals surface area contributed by atoms with E-state index in [1.54, 1.807) is 18.2 Å². The van der Waals surface area contributed by atoms with Gasteiger partial charge in [0.05, 0.1) is 4.90 Å². The van der Waals surface area contributed by atoms with Crippen LogP contribution in [0.4, 0.5) is 0 Å². The SMILES string of the molecule is CC(C)C[C@H](CNS(=O)(=O)c1ccccc1Br)N1CCCC1. The topological polar surface area (TPSA) is 49.4 Å². The Morgan fingerprint density at radius 2 is 1.86 bits per heavy atom. The molecular weight excluding hydrogens is 364 g/mol. The number of sulfonamides is 1. The van der Waals surface area contributed by atoms with Crippen molar-refractivity contribution in [1.29, 1.82) is 0 Å². The van der Waals surface area contributed by atoms with Crippen molar-refractivity contribution in [2.75, 3.05) is 19.6 Å². The van der Waals surface area contributed by atoms with E-state index < -0.39 is 10.0 Å². The van der Waals surface area contributed by atoms with Gasteiger partial charge in [0.25, 0.3) is 0 Å². The van der Waals surface area contributed by atoms with Gasteiger partial charge in [-0.15, -0.1) is 0 Å². The molecule has 0 saturated carbocycles. The minimum absolute atomic E-state index is 0.278. The van der Waals surface area contributed by atoms with Crippen LogP contribution in [0.5, 0.6) is 0 Å². The first kappa shape index (κ1) is 17.9. The third-order valence-corrected chi connectivity index (χ3v) is 6.47. The van der Waals surface area contributed by atoms with Crippen LogP contribution in [0.15, 0.2) is 33.6 Å². The Bertz CT molecular complexity index is 584. The number of nitrogens with zero attached hydrogens (tertiary/aromatic N) is 1. The van der Waals surface area contributed by atoms with Gasteiger partial charge in [0, 0.05) is 17.1 Å². The molecular formula is C16H25BrN2O2S. The third kappa shape index (κ3) is 4.78. The Labute approximate surface area is 142 Å². The van der Waals surface area contributed by atoms with Gasteiger partial charge in [-0.1, -0.05) is 26.0 Å². The molecule has 1 heterocycles. The number of hydrogen-bond acceptors (Lipinski definition) is 3. The van der Waals surface area contributed by atoms with E-state index >= 15 is 0 Å². The van der Waals surface area contributed by atoms with E-state index in [9.17, 15) is 8.42 Å². The Morgan fingerprint density at radius 1 is 1.23 bits per heavy atom. The van der Waals surface area contributed by atoms with E-state index in [-0.39, 0.29) is 6.04 Å². The molecule has 1 aromatic rings. The molecule has 4 nitrogen and oxygen atoms in total. The summed E-state index contributed by atoms with van der Waals surface area (Å²) >= 11 is 3.32. The Kier molecular flexibility index (Phi) is 6.44. The van der Waals surface area contributed by atoms with Crippen molar-refractivity contribution >= 4 is 26.0 Å². The van der Waals surface area contributed by atoms with E-state index in [2.05, 4.69) is 39.4 Å². The van der Waals surface area contributed by atoms with Crippen LogP contribution in [0.1, 0.15) is 33.1 Å². The van der Waals surface area contributed by atoms with E-state index in [0.717, 1.165) is 19.5 Å². The molecule has 1 aliphatic heterocycles. The molecule has 0 aliphatic carbocycles. The van der Waals surface area contributed by atoms with Crippen LogP contribution in [-0.2, 0) is 10.0 Å². The molecule has 0 unspecified atom stereocenters. The lowest BCUT2D eigenvalue weighted by Crippen LogP contribution is -2.43. The van der Waals surface area contributed by atoms with E-state index in [1.165, 1.54) is 12.8 Å². The lowest BCUT2D eigenvalue weighted by Gasteiger charge is -2.29. The number of halogens is 1. The predicted molar refractivity (Wildman–Crippen MR) is 93.4 cm³/mol. The molecule has 0 spiro atoms. The van der Waals surface area contributed by atoms with Crippen LogP contribution >= 0.6 is 15.9 Å². The summed E-state index contributed by atoms with van der Waals surface area (Å²) in [6.07, 6.45) is 3.44. The number of likely N-dealkylation sites (tertiary alicyclic amines) is 1. The Hall–Kier alpha value is -0.430. The zero-order valence-electron chi connectivity index (χ0n) is 13.3. The number of nitrogens with one attached hydrogen (secondary N) is 1. The monoisotopic (exact) mass is 388 g/mol. The molecule has 1 fully saturated rings. The van der Waals surface area contributed by atoms with Crippen molar-refractivity contribution in [3.05, 3.63) is 28.7 Å². The summed E-state index contributed by atoms with van der Waals surface area (Å²) in [6, 6.07) is 7.21. The second kappa shape index (κ2) is 7.90. The van der Waals surface area contributed by atoms with Crippen LogP contribution < -0.4 is 4.72 Å². The number of rotatable bonds is 7. The molecule has 1 aromatic carbocycles. The molecule has 1 aliphatic rings. The molecule has 0 aromatic heterocycles. The maximum absolute atomic E-state index is 12.5. The van der Waals surface area contributed by atoms with Crippen molar-refractivity contribution in [3.63, 3.8) is 0 Å². The van der Waals surface area contributed by atoms with Gasteiger partial charge in [-0.3, -0.25) is 4.90 Å². The van der Waals surface area contributed by atoms with Gasteiger partial charge >= 0.3 is 0 Å². The summed E-state index contributed by atoms with van der Waals surface area (Å²) in [7, 11) is -3.47. The highest BCUT2D eigenvalue weighted by atomic mass is 79.9. The molecule has 2 rings (SSSR count). The van der Waals surface area contributed by atoms with Crippen molar-refractivity contribution < 1.29 is 8.42 Å². The van der Waals surface area contributed by atoms with Gasteiger partial charge in [-0.2, -0.15) is 0 Å². The van der Waals surface area contributed by atoms with Gasteiger partial charge in [0.15, 0.2) is 0 Å². The second-order valence-corrected chi connectivity index (χ2v) is 8.90. The van der Waals surface area contributed by atoms with E-state index in [1.807, 2.05) is 6.07 Å². The van der Waals surface area contributed by atoms with Crippen LogP contribution in [0, 0.1) is 5.92 Å².